The van der Waals surface area contributed by atoms with E-state index in [1.165, 1.54) is 0 Å². The molecule has 152 valence electrons. The number of nitrogens with zero attached hydrogens (tertiary/aromatic N) is 3. The third-order valence-electron chi connectivity index (χ3n) is 5.56. The van der Waals surface area contributed by atoms with E-state index < -0.39 is 0 Å². The van der Waals surface area contributed by atoms with Crippen molar-refractivity contribution in [2.24, 2.45) is 0 Å². The molecule has 0 saturated carbocycles. The summed E-state index contributed by atoms with van der Waals surface area (Å²) in [6.45, 7) is 4.20. The van der Waals surface area contributed by atoms with Crippen LogP contribution in [0.5, 0.6) is 0 Å². The molecule has 0 unspecified atom stereocenters. The summed E-state index contributed by atoms with van der Waals surface area (Å²) < 4.78 is 8.39. The van der Waals surface area contributed by atoms with Crippen LogP contribution in [0.4, 0.5) is 0 Å². The molecule has 0 bridgehead atoms. The molecular formula is C24H24N4O2. The zero-order valence-electron chi connectivity index (χ0n) is 16.9. The lowest BCUT2D eigenvalue weighted by molar-refractivity contribution is 0.00908. The molecular weight excluding hydrogens is 376 g/mol. The van der Waals surface area contributed by atoms with E-state index in [4.69, 9.17) is 4.74 Å². The van der Waals surface area contributed by atoms with Crippen LogP contribution in [0.3, 0.4) is 0 Å². The van der Waals surface area contributed by atoms with Crippen LogP contribution in [0.15, 0.2) is 66.9 Å². The van der Waals surface area contributed by atoms with Gasteiger partial charge in [0.15, 0.2) is 0 Å². The van der Waals surface area contributed by atoms with E-state index in [1.807, 2.05) is 72.6 Å². The van der Waals surface area contributed by atoms with Crippen LogP contribution in [0.25, 0.3) is 10.9 Å². The van der Waals surface area contributed by atoms with Crippen LogP contribution >= 0.6 is 0 Å². The number of para-hydroxylation sites is 1. The van der Waals surface area contributed by atoms with Gasteiger partial charge in [0.2, 0.25) is 0 Å². The molecule has 0 fully saturated rings. The van der Waals surface area contributed by atoms with Gasteiger partial charge in [-0.1, -0.05) is 24.3 Å². The highest BCUT2D eigenvalue weighted by Gasteiger charge is 2.27. The van der Waals surface area contributed by atoms with Crippen LogP contribution in [0, 0.1) is 6.92 Å². The molecule has 5 rings (SSSR count). The van der Waals surface area contributed by atoms with Crippen molar-refractivity contribution in [3.8, 4) is 0 Å². The van der Waals surface area contributed by atoms with E-state index in [-0.39, 0.29) is 12.0 Å². The number of fused-ring (bicyclic) bond motifs is 2. The van der Waals surface area contributed by atoms with Gasteiger partial charge in [0, 0.05) is 35.0 Å². The van der Waals surface area contributed by atoms with Gasteiger partial charge < -0.3 is 19.2 Å². The van der Waals surface area contributed by atoms with E-state index in [1.54, 1.807) is 0 Å². The standard InChI is InChI=1S/C24H24N4O2/c1-17-6-4-8-19(25-17)16-30-21-14-27-11-5-9-20(27)13-28(15-21)24(29)23-12-18-7-2-3-10-22(18)26-23/h2-12,21,26H,13-16H2,1H3/t21-/m1/s1. The van der Waals surface area contributed by atoms with Crippen molar-refractivity contribution in [1.82, 2.24) is 19.4 Å². The number of H-pyrrole nitrogens is 1. The maximum absolute atomic E-state index is 13.3. The number of rotatable bonds is 4. The molecule has 1 aliphatic heterocycles. The number of ether oxygens (including phenoxy) is 1. The summed E-state index contributed by atoms with van der Waals surface area (Å²) in [5.74, 6) is -0.0110. The lowest BCUT2D eigenvalue weighted by atomic mass is 10.2. The molecule has 1 aliphatic rings. The van der Waals surface area contributed by atoms with Gasteiger partial charge in [-0.3, -0.25) is 9.78 Å². The van der Waals surface area contributed by atoms with Crippen LogP contribution in [0.1, 0.15) is 27.6 Å². The maximum atomic E-state index is 13.3. The second-order valence-corrected chi connectivity index (χ2v) is 7.81. The first-order valence-electron chi connectivity index (χ1n) is 10.2. The Morgan fingerprint density at radius 1 is 1.13 bits per heavy atom. The lowest BCUT2D eigenvalue weighted by Gasteiger charge is -2.24. The highest BCUT2D eigenvalue weighted by molar-refractivity contribution is 5.98. The summed E-state index contributed by atoms with van der Waals surface area (Å²) in [6.07, 6.45) is 1.93. The number of aromatic amines is 1. The molecule has 6 nitrogen and oxygen atoms in total. The quantitative estimate of drug-likeness (QED) is 0.565. The predicted molar refractivity (Wildman–Crippen MR) is 115 cm³/mol. The number of hydrogen-bond acceptors (Lipinski definition) is 3. The van der Waals surface area contributed by atoms with E-state index in [9.17, 15) is 4.79 Å². The number of nitrogens with one attached hydrogen (secondary N) is 1. The van der Waals surface area contributed by atoms with Crippen molar-refractivity contribution in [3.05, 3.63) is 89.6 Å². The number of amides is 1. The van der Waals surface area contributed by atoms with Gasteiger partial charge in [0.05, 0.1) is 31.5 Å². The summed E-state index contributed by atoms with van der Waals surface area (Å²) in [5.41, 5.74) is 4.56. The minimum atomic E-state index is -0.116. The van der Waals surface area contributed by atoms with Crippen LogP contribution in [-0.4, -0.2) is 38.0 Å². The molecule has 1 aromatic carbocycles. The molecule has 6 heteroatoms. The number of aromatic nitrogens is 3. The number of carbonyl (C=O) groups is 1. The van der Waals surface area contributed by atoms with E-state index in [0.717, 1.165) is 28.0 Å². The van der Waals surface area contributed by atoms with Gasteiger partial charge in [-0.2, -0.15) is 0 Å². The van der Waals surface area contributed by atoms with Crippen molar-refractivity contribution in [3.63, 3.8) is 0 Å². The van der Waals surface area contributed by atoms with Crippen molar-refractivity contribution in [1.29, 1.82) is 0 Å². The van der Waals surface area contributed by atoms with Gasteiger partial charge in [-0.15, -0.1) is 0 Å². The van der Waals surface area contributed by atoms with Crippen molar-refractivity contribution < 1.29 is 9.53 Å². The lowest BCUT2D eigenvalue weighted by Crippen LogP contribution is -2.37. The number of pyridine rings is 1. The molecule has 0 radical (unpaired) electrons. The fourth-order valence-electron chi connectivity index (χ4n) is 4.06. The van der Waals surface area contributed by atoms with Crippen molar-refractivity contribution >= 4 is 16.8 Å². The zero-order valence-corrected chi connectivity index (χ0v) is 16.9. The average Bonchev–Trinajstić information content (AvgIpc) is 3.34. The maximum Gasteiger partial charge on any atom is 0.270 e. The van der Waals surface area contributed by atoms with Gasteiger partial charge >= 0.3 is 0 Å². The minimum absolute atomic E-state index is 0.0110. The first kappa shape index (κ1) is 18.6. The molecule has 30 heavy (non-hydrogen) atoms. The molecule has 0 saturated heterocycles. The Bertz CT molecular complexity index is 1160. The van der Waals surface area contributed by atoms with Crippen molar-refractivity contribution in [2.75, 3.05) is 6.54 Å². The Morgan fingerprint density at radius 3 is 2.90 bits per heavy atom. The minimum Gasteiger partial charge on any atom is -0.368 e. The number of benzene rings is 1. The van der Waals surface area contributed by atoms with Gasteiger partial charge in [0.1, 0.15) is 5.69 Å². The van der Waals surface area contributed by atoms with E-state index in [2.05, 4.69) is 20.6 Å². The molecule has 1 amide bonds. The second kappa shape index (κ2) is 7.80. The predicted octanol–water partition coefficient (Wildman–Crippen LogP) is 3.91. The zero-order chi connectivity index (χ0) is 20.5. The fourth-order valence-corrected chi connectivity index (χ4v) is 4.06. The van der Waals surface area contributed by atoms with E-state index in [0.29, 0.717) is 31.9 Å². The first-order chi connectivity index (χ1) is 14.7. The van der Waals surface area contributed by atoms with Gasteiger partial charge in [-0.25, -0.2) is 0 Å². The molecule has 1 atom stereocenters. The molecule has 1 N–H and O–H groups in total. The van der Waals surface area contributed by atoms with E-state index >= 15 is 0 Å². The third-order valence-corrected chi connectivity index (χ3v) is 5.56. The summed E-state index contributed by atoms with van der Waals surface area (Å²) >= 11 is 0. The molecule has 3 aromatic heterocycles. The summed E-state index contributed by atoms with van der Waals surface area (Å²) in [5, 5.41) is 1.04. The average molecular weight is 400 g/mol. The second-order valence-electron chi connectivity index (χ2n) is 7.81. The summed E-state index contributed by atoms with van der Waals surface area (Å²) in [6, 6.07) is 19.9. The Labute approximate surface area is 175 Å². The van der Waals surface area contributed by atoms with Gasteiger partial charge in [-0.05, 0) is 43.3 Å². The highest BCUT2D eigenvalue weighted by atomic mass is 16.5. The van der Waals surface area contributed by atoms with Crippen molar-refractivity contribution in [2.45, 2.75) is 32.7 Å². The van der Waals surface area contributed by atoms with Crippen LogP contribution in [0.2, 0.25) is 0 Å². The monoisotopic (exact) mass is 400 g/mol. The summed E-state index contributed by atoms with van der Waals surface area (Å²) in [4.78, 5) is 23.0. The Morgan fingerprint density at radius 2 is 2.03 bits per heavy atom. The largest absolute Gasteiger partial charge is 0.368 e. The number of hydrogen-bond donors (Lipinski definition) is 1. The number of carbonyl (C=O) groups excluding carboxylic acids is 1. The topological polar surface area (TPSA) is 63.1 Å². The Hall–Kier alpha value is -3.38. The normalized spacial score (nSPS) is 16.4. The molecule has 4 heterocycles. The Kier molecular flexibility index (Phi) is 4.85. The van der Waals surface area contributed by atoms with Crippen LogP contribution in [-0.2, 0) is 24.4 Å². The third kappa shape index (κ3) is 3.74. The molecule has 0 spiro atoms. The first-order valence-corrected chi connectivity index (χ1v) is 10.2. The fraction of sp³-hybridized carbons (Fsp3) is 0.250. The van der Waals surface area contributed by atoms with Crippen LogP contribution < -0.4 is 0 Å². The van der Waals surface area contributed by atoms with Gasteiger partial charge in [0.25, 0.3) is 5.91 Å². The Balaban J connectivity index is 1.38. The molecule has 4 aromatic rings. The molecule has 0 aliphatic carbocycles. The summed E-state index contributed by atoms with van der Waals surface area (Å²) in [7, 11) is 0. The smallest absolute Gasteiger partial charge is 0.270 e. The highest BCUT2D eigenvalue weighted by Crippen LogP contribution is 2.21. The SMILES string of the molecule is Cc1cccc(CO[C@H]2CN(C(=O)c3cc4ccccc4[nH]3)Cc3cccn3C2)n1. The number of aryl methyl sites for hydroxylation is 1.